The minimum Gasteiger partial charge on any atom is -0.374 e. The van der Waals surface area contributed by atoms with E-state index in [9.17, 15) is 4.79 Å². The quantitative estimate of drug-likeness (QED) is 0.844. The van der Waals surface area contributed by atoms with Crippen molar-refractivity contribution in [2.45, 2.75) is 20.0 Å². The van der Waals surface area contributed by atoms with E-state index in [0.717, 1.165) is 16.5 Å². The van der Waals surface area contributed by atoms with Gasteiger partial charge >= 0.3 is 0 Å². The smallest absolute Gasteiger partial charge is 0.269 e. The maximum atomic E-state index is 11.3. The lowest BCUT2D eigenvalue weighted by molar-refractivity contribution is 0.0774. The first-order chi connectivity index (χ1) is 8.15. The van der Waals surface area contributed by atoms with Gasteiger partial charge in [0, 0.05) is 12.0 Å². The van der Waals surface area contributed by atoms with Crippen LogP contribution in [0.15, 0.2) is 18.2 Å². The van der Waals surface area contributed by atoms with E-state index >= 15 is 0 Å². The summed E-state index contributed by atoms with van der Waals surface area (Å²) in [7, 11) is 0. The number of ether oxygens (including phenoxy) is 1. The molecule has 1 aromatic heterocycles. The van der Waals surface area contributed by atoms with Crippen molar-refractivity contribution >= 4 is 16.8 Å². The van der Waals surface area contributed by atoms with E-state index in [0.29, 0.717) is 6.61 Å². The highest BCUT2D eigenvalue weighted by atomic mass is 16.5. The van der Waals surface area contributed by atoms with E-state index in [1.54, 1.807) is 0 Å². The van der Waals surface area contributed by atoms with Crippen LogP contribution in [-0.4, -0.2) is 22.7 Å². The average Bonchev–Trinajstić information content (AvgIpc) is 2.72. The number of benzene rings is 1. The van der Waals surface area contributed by atoms with E-state index in [2.05, 4.69) is 10.2 Å². The van der Waals surface area contributed by atoms with E-state index in [-0.39, 0.29) is 11.8 Å². The molecule has 0 radical (unpaired) electrons. The number of nitrogens with two attached hydrogens (primary N) is 1. The molecule has 1 atom stereocenters. The zero-order chi connectivity index (χ0) is 12.4. The van der Waals surface area contributed by atoms with Crippen LogP contribution >= 0.6 is 0 Å². The molecule has 3 N–H and O–H groups in total. The van der Waals surface area contributed by atoms with Crippen LogP contribution in [0.1, 0.15) is 36.0 Å². The number of hydrogen-bond donors (Lipinski definition) is 2. The molecule has 0 aliphatic heterocycles. The van der Waals surface area contributed by atoms with Gasteiger partial charge in [0.25, 0.3) is 5.91 Å². The number of aromatic nitrogens is 2. The largest absolute Gasteiger partial charge is 0.374 e. The number of hydrogen-bond acceptors (Lipinski definition) is 3. The molecule has 0 saturated heterocycles. The summed E-state index contributed by atoms with van der Waals surface area (Å²) in [6, 6.07) is 5.68. The number of rotatable bonds is 4. The fourth-order valence-corrected chi connectivity index (χ4v) is 1.96. The molecule has 0 aliphatic rings. The van der Waals surface area contributed by atoms with Crippen LogP contribution in [0.4, 0.5) is 0 Å². The molecule has 1 heterocycles. The molecule has 5 nitrogen and oxygen atoms in total. The predicted octanol–water partition coefficient (Wildman–Crippen LogP) is 1.76. The van der Waals surface area contributed by atoms with Crippen LogP contribution in [0, 0.1) is 0 Å². The molecule has 2 rings (SSSR count). The summed E-state index contributed by atoms with van der Waals surface area (Å²) < 4.78 is 5.55. The third-order valence-electron chi connectivity index (χ3n) is 2.71. The number of nitrogens with one attached hydrogen (secondary N) is 1. The lowest BCUT2D eigenvalue weighted by Crippen LogP contribution is -2.13. The van der Waals surface area contributed by atoms with Crippen molar-refractivity contribution < 1.29 is 9.53 Å². The van der Waals surface area contributed by atoms with Crippen molar-refractivity contribution in [3.8, 4) is 0 Å². The lowest BCUT2D eigenvalue weighted by Gasteiger charge is -2.13. The van der Waals surface area contributed by atoms with Crippen LogP contribution in [0.25, 0.3) is 10.9 Å². The summed E-state index contributed by atoms with van der Waals surface area (Å²) in [5.74, 6) is -0.535. The fourth-order valence-electron chi connectivity index (χ4n) is 1.96. The lowest BCUT2D eigenvalue weighted by atomic mass is 10.0. The maximum Gasteiger partial charge on any atom is 0.269 e. The Morgan fingerprint density at radius 3 is 3.00 bits per heavy atom. The minimum atomic E-state index is -0.535. The summed E-state index contributed by atoms with van der Waals surface area (Å²) in [5.41, 5.74) is 7.29. The van der Waals surface area contributed by atoms with E-state index in [4.69, 9.17) is 10.5 Å². The number of aromatic amines is 1. The van der Waals surface area contributed by atoms with Crippen LogP contribution < -0.4 is 5.73 Å². The first-order valence-corrected chi connectivity index (χ1v) is 5.53. The molecular weight excluding hydrogens is 218 g/mol. The van der Waals surface area contributed by atoms with Crippen molar-refractivity contribution in [1.29, 1.82) is 0 Å². The molecular formula is C12H15N3O2. The summed E-state index contributed by atoms with van der Waals surface area (Å²) in [6.45, 7) is 4.48. The predicted molar refractivity (Wildman–Crippen MR) is 64.7 cm³/mol. The Kier molecular flexibility index (Phi) is 3.10. The van der Waals surface area contributed by atoms with Gasteiger partial charge in [-0.2, -0.15) is 5.10 Å². The summed E-state index contributed by atoms with van der Waals surface area (Å²) in [4.78, 5) is 11.3. The molecule has 1 amide bonds. The Balaban J connectivity index is 2.61. The summed E-state index contributed by atoms with van der Waals surface area (Å²) in [6.07, 6.45) is -0.0978. The highest BCUT2D eigenvalue weighted by molar-refractivity contribution is 6.05. The van der Waals surface area contributed by atoms with E-state index < -0.39 is 5.91 Å². The van der Waals surface area contributed by atoms with Gasteiger partial charge in [0.2, 0.25) is 0 Å². The second kappa shape index (κ2) is 4.55. The highest BCUT2D eigenvalue weighted by Gasteiger charge is 2.17. The van der Waals surface area contributed by atoms with Gasteiger partial charge in [0.05, 0.1) is 11.6 Å². The average molecular weight is 233 g/mol. The van der Waals surface area contributed by atoms with Crippen molar-refractivity contribution in [2.75, 3.05) is 6.61 Å². The molecule has 0 saturated carbocycles. The number of nitrogens with zero attached hydrogens (tertiary/aromatic N) is 1. The third kappa shape index (κ3) is 2.01. The number of carbonyl (C=O) groups is 1. The monoisotopic (exact) mass is 233 g/mol. The molecule has 0 spiro atoms. The number of amides is 1. The van der Waals surface area contributed by atoms with Crippen molar-refractivity contribution in [3.63, 3.8) is 0 Å². The van der Waals surface area contributed by atoms with Crippen LogP contribution in [-0.2, 0) is 4.74 Å². The van der Waals surface area contributed by atoms with Crippen LogP contribution in [0.2, 0.25) is 0 Å². The van der Waals surface area contributed by atoms with Gasteiger partial charge in [-0.3, -0.25) is 9.89 Å². The molecule has 1 unspecified atom stereocenters. The Hall–Kier alpha value is -1.88. The summed E-state index contributed by atoms with van der Waals surface area (Å²) in [5, 5.41) is 7.49. The summed E-state index contributed by atoms with van der Waals surface area (Å²) >= 11 is 0. The Bertz CT molecular complexity index is 548. The van der Waals surface area contributed by atoms with Crippen LogP contribution in [0.3, 0.4) is 0 Å². The molecule has 90 valence electrons. The molecule has 0 aliphatic carbocycles. The second-order valence-electron chi connectivity index (χ2n) is 3.80. The van der Waals surface area contributed by atoms with Gasteiger partial charge in [-0.05, 0) is 25.5 Å². The van der Waals surface area contributed by atoms with Crippen molar-refractivity contribution in [3.05, 3.63) is 29.5 Å². The SMILES string of the molecule is CCOC(C)c1cccc2[nH]nc(C(N)=O)c12. The van der Waals surface area contributed by atoms with Crippen LogP contribution in [0.5, 0.6) is 0 Å². The number of H-pyrrole nitrogens is 1. The fraction of sp³-hybridized carbons (Fsp3) is 0.333. The number of fused-ring (bicyclic) bond motifs is 1. The standard InChI is InChI=1S/C12H15N3O2/c1-3-17-7(2)8-5-4-6-9-10(8)11(12(13)16)15-14-9/h4-7H,3H2,1-2H3,(H2,13,16)(H,14,15). The first-order valence-electron chi connectivity index (χ1n) is 5.53. The molecule has 5 heteroatoms. The molecule has 0 bridgehead atoms. The first kappa shape index (κ1) is 11.6. The number of carbonyl (C=O) groups excluding carboxylic acids is 1. The van der Waals surface area contributed by atoms with E-state index in [1.807, 2.05) is 32.0 Å². The zero-order valence-electron chi connectivity index (χ0n) is 9.86. The van der Waals surface area contributed by atoms with Gasteiger partial charge in [0.15, 0.2) is 5.69 Å². The Morgan fingerprint density at radius 2 is 2.35 bits per heavy atom. The highest BCUT2D eigenvalue weighted by Crippen LogP contribution is 2.27. The second-order valence-corrected chi connectivity index (χ2v) is 3.80. The van der Waals surface area contributed by atoms with Gasteiger partial charge in [-0.25, -0.2) is 0 Å². The van der Waals surface area contributed by atoms with Crippen molar-refractivity contribution in [1.82, 2.24) is 10.2 Å². The normalized spacial score (nSPS) is 12.8. The molecule has 0 fully saturated rings. The molecule has 1 aromatic carbocycles. The zero-order valence-corrected chi connectivity index (χ0v) is 9.86. The number of primary amides is 1. The molecule has 2 aromatic rings. The van der Waals surface area contributed by atoms with E-state index in [1.165, 1.54) is 0 Å². The van der Waals surface area contributed by atoms with Gasteiger partial charge in [0.1, 0.15) is 0 Å². The topological polar surface area (TPSA) is 81.0 Å². The van der Waals surface area contributed by atoms with Gasteiger partial charge < -0.3 is 10.5 Å². The van der Waals surface area contributed by atoms with Crippen molar-refractivity contribution in [2.24, 2.45) is 5.73 Å². The third-order valence-corrected chi connectivity index (χ3v) is 2.71. The maximum absolute atomic E-state index is 11.3. The van der Waals surface area contributed by atoms with Gasteiger partial charge in [-0.15, -0.1) is 0 Å². The molecule has 17 heavy (non-hydrogen) atoms. The Labute approximate surface area is 98.9 Å². The van der Waals surface area contributed by atoms with Gasteiger partial charge in [-0.1, -0.05) is 12.1 Å². The minimum absolute atomic E-state index is 0.0978. The Morgan fingerprint density at radius 1 is 1.59 bits per heavy atom.